The number of benzene rings is 2. The molecule has 0 unspecified atom stereocenters. The summed E-state index contributed by atoms with van der Waals surface area (Å²) in [4.78, 5) is 33.3. The molecule has 1 fully saturated rings. The lowest BCUT2D eigenvalue weighted by Crippen LogP contribution is -2.50. The van der Waals surface area contributed by atoms with Crippen LogP contribution in [-0.4, -0.2) is 69.1 Å². The van der Waals surface area contributed by atoms with Gasteiger partial charge in [-0.3, -0.25) is 14.5 Å². The van der Waals surface area contributed by atoms with Crippen molar-refractivity contribution in [2.45, 2.75) is 6.92 Å². The molecule has 0 aliphatic carbocycles. The first-order valence-electron chi connectivity index (χ1n) is 10.2. The number of aromatic nitrogens is 3. The van der Waals surface area contributed by atoms with E-state index in [0.717, 1.165) is 5.69 Å². The molecule has 0 radical (unpaired) electrons. The summed E-state index contributed by atoms with van der Waals surface area (Å²) < 4.78 is 1.62. The number of carbonyl (C=O) groups is 2. The van der Waals surface area contributed by atoms with Crippen molar-refractivity contribution in [2.75, 3.05) is 38.0 Å². The van der Waals surface area contributed by atoms with Crippen LogP contribution < -0.4 is 5.32 Å². The predicted molar refractivity (Wildman–Crippen MR) is 124 cm³/mol. The molecule has 10 heteroatoms. The molecule has 0 saturated carbocycles. The van der Waals surface area contributed by atoms with Gasteiger partial charge in [0.1, 0.15) is 5.82 Å². The van der Waals surface area contributed by atoms with Gasteiger partial charge in [0.2, 0.25) is 11.7 Å². The Labute approximate surface area is 195 Å². The fraction of sp³-hybridized carbons (Fsp3) is 0.273. The normalized spacial score (nSPS) is 14.4. The molecule has 0 atom stereocenters. The lowest BCUT2D eigenvalue weighted by molar-refractivity contribution is -0.117. The average Bonchev–Trinajstić information content (AvgIpc) is 3.17. The van der Waals surface area contributed by atoms with E-state index in [-0.39, 0.29) is 24.2 Å². The summed E-state index contributed by atoms with van der Waals surface area (Å²) in [5.74, 6) is 0.408. The molecule has 2 amide bonds. The van der Waals surface area contributed by atoms with Gasteiger partial charge < -0.3 is 10.2 Å². The number of amides is 2. The molecule has 1 N–H and O–H groups in total. The van der Waals surface area contributed by atoms with Crippen LogP contribution in [0.2, 0.25) is 10.0 Å². The molecule has 32 heavy (non-hydrogen) atoms. The van der Waals surface area contributed by atoms with Crippen LogP contribution in [0.3, 0.4) is 0 Å². The highest BCUT2D eigenvalue weighted by Gasteiger charge is 2.26. The van der Waals surface area contributed by atoms with Crippen molar-refractivity contribution < 1.29 is 9.59 Å². The van der Waals surface area contributed by atoms with Gasteiger partial charge >= 0.3 is 0 Å². The maximum absolute atomic E-state index is 12.9. The second kappa shape index (κ2) is 9.68. The third-order valence-electron chi connectivity index (χ3n) is 5.21. The highest BCUT2D eigenvalue weighted by Crippen LogP contribution is 2.20. The molecule has 4 rings (SSSR count). The van der Waals surface area contributed by atoms with Crippen molar-refractivity contribution in [1.82, 2.24) is 24.6 Å². The highest BCUT2D eigenvalue weighted by molar-refractivity contribution is 6.33. The van der Waals surface area contributed by atoms with Crippen molar-refractivity contribution in [3.63, 3.8) is 0 Å². The number of para-hydroxylation sites is 1. The fourth-order valence-corrected chi connectivity index (χ4v) is 3.82. The number of piperazine rings is 1. The van der Waals surface area contributed by atoms with Crippen molar-refractivity contribution in [3.05, 3.63) is 70.2 Å². The Morgan fingerprint density at radius 2 is 1.69 bits per heavy atom. The number of hydrogen-bond donors (Lipinski definition) is 1. The Morgan fingerprint density at radius 1 is 1.00 bits per heavy atom. The minimum absolute atomic E-state index is 0.142. The number of hydrogen-bond acceptors (Lipinski definition) is 5. The number of rotatable bonds is 5. The van der Waals surface area contributed by atoms with Crippen LogP contribution in [0.25, 0.3) is 5.69 Å². The molecule has 1 aromatic heterocycles. The second-order valence-corrected chi connectivity index (χ2v) is 8.31. The average molecular weight is 473 g/mol. The van der Waals surface area contributed by atoms with Crippen molar-refractivity contribution in [3.8, 4) is 5.69 Å². The Balaban J connectivity index is 1.33. The Bertz CT molecular complexity index is 1120. The number of halogens is 2. The number of carbonyl (C=O) groups excluding carboxylic acids is 2. The largest absolute Gasteiger partial charge is 0.333 e. The van der Waals surface area contributed by atoms with Crippen molar-refractivity contribution >= 4 is 40.7 Å². The van der Waals surface area contributed by atoms with Crippen LogP contribution in [0.15, 0.2) is 48.5 Å². The molecule has 0 spiro atoms. The summed E-state index contributed by atoms with van der Waals surface area (Å²) in [5, 5.41) is 8.33. The second-order valence-electron chi connectivity index (χ2n) is 7.47. The fourth-order valence-electron chi connectivity index (χ4n) is 3.51. The third-order valence-corrected chi connectivity index (χ3v) is 5.79. The molecule has 3 aromatic rings. The molecule has 8 nitrogen and oxygen atoms in total. The number of aryl methyl sites for hydroxylation is 1. The van der Waals surface area contributed by atoms with E-state index in [0.29, 0.717) is 47.7 Å². The minimum atomic E-state index is -0.221. The van der Waals surface area contributed by atoms with Gasteiger partial charge in [0.15, 0.2) is 0 Å². The maximum atomic E-state index is 12.9. The van der Waals surface area contributed by atoms with Gasteiger partial charge in [-0.25, -0.2) is 9.67 Å². The van der Waals surface area contributed by atoms with E-state index in [1.54, 1.807) is 40.8 Å². The van der Waals surface area contributed by atoms with E-state index in [1.165, 1.54) is 0 Å². The highest BCUT2D eigenvalue weighted by atomic mass is 35.5. The minimum Gasteiger partial charge on any atom is -0.333 e. The summed E-state index contributed by atoms with van der Waals surface area (Å²) in [7, 11) is 0. The Hall–Kier alpha value is -2.94. The molecule has 1 saturated heterocycles. The smallest absolute Gasteiger partial charge is 0.293 e. The zero-order chi connectivity index (χ0) is 22.7. The predicted octanol–water partition coefficient (Wildman–Crippen LogP) is 3.28. The topological polar surface area (TPSA) is 83.4 Å². The first kappa shape index (κ1) is 22.3. The Kier molecular flexibility index (Phi) is 6.74. The zero-order valence-electron chi connectivity index (χ0n) is 17.5. The molecule has 2 aromatic carbocycles. The number of nitrogens with zero attached hydrogens (tertiary/aromatic N) is 5. The summed E-state index contributed by atoms with van der Waals surface area (Å²) in [6.45, 7) is 4.18. The third kappa shape index (κ3) is 5.09. The summed E-state index contributed by atoms with van der Waals surface area (Å²) in [6, 6.07) is 14.3. The van der Waals surface area contributed by atoms with Gasteiger partial charge in [-0.05, 0) is 43.3 Å². The summed E-state index contributed by atoms with van der Waals surface area (Å²) >= 11 is 12.0. The van der Waals surface area contributed by atoms with Gasteiger partial charge in [-0.15, -0.1) is 5.10 Å². The first-order valence-corrected chi connectivity index (χ1v) is 10.9. The number of nitrogens with one attached hydrogen (secondary N) is 1. The number of anilines is 1. The van der Waals surface area contributed by atoms with Gasteiger partial charge in [-0.1, -0.05) is 35.3 Å². The molecular formula is C22H22Cl2N6O2. The van der Waals surface area contributed by atoms with Gasteiger partial charge in [-0.2, -0.15) is 0 Å². The van der Waals surface area contributed by atoms with Gasteiger partial charge in [0.05, 0.1) is 22.9 Å². The molecule has 166 valence electrons. The van der Waals surface area contributed by atoms with E-state index < -0.39 is 0 Å². The van der Waals surface area contributed by atoms with Gasteiger partial charge in [0.25, 0.3) is 5.91 Å². The molecule has 2 heterocycles. The van der Waals surface area contributed by atoms with E-state index in [1.807, 2.05) is 29.2 Å². The standard InChI is InChI=1S/C22H22Cl2N6O2/c1-15-25-21(27-30(15)17-8-6-16(23)7-9-17)22(32)29-12-10-28(11-13-29)14-20(31)26-19-5-3-2-4-18(19)24/h2-9H,10-14H2,1H3,(H,26,31). The van der Waals surface area contributed by atoms with E-state index >= 15 is 0 Å². The monoisotopic (exact) mass is 472 g/mol. The first-order chi connectivity index (χ1) is 15.4. The molecule has 1 aliphatic rings. The van der Waals surface area contributed by atoms with E-state index in [9.17, 15) is 9.59 Å². The quantitative estimate of drug-likeness (QED) is 0.615. The van der Waals surface area contributed by atoms with Crippen LogP contribution in [-0.2, 0) is 4.79 Å². The molecule has 1 aliphatic heterocycles. The van der Waals surface area contributed by atoms with Crippen LogP contribution in [0.1, 0.15) is 16.4 Å². The molecule has 0 bridgehead atoms. The van der Waals surface area contributed by atoms with Gasteiger partial charge in [0, 0.05) is 31.2 Å². The lowest BCUT2D eigenvalue weighted by Gasteiger charge is -2.33. The SMILES string of the molecule is Cc1nc(C(=O)N2CCN(CC(=O)Nc3ccccc3Cl)CC2)nn1-c1ccc(Cl)cc1. The Morgan fingerprint density at radius 3 is 2.38 bits per heavy atom. The summed E-state index contributed by atoms with van der Waals surface area (Å²) in [5.41, 5.74) is 1.37. The van der Waals surface area contributed by atoms with Crippen LogP contribution in [0.4, 0.5) is 5.69 Å². The summed E-state index contributed by atoms with van der Waals surface area (Å²) in [6.07, 6.45) is 0. The van der Waals surface area contributed by atoms with Crippen molar-refractivity contribution in [2.24, 2.45) is 0 Å². The maximum Gasteiger partial charge on any atom is 0.293 e. The zero-order valence-corrected chi connectivity index (χ0v) is 19.0. The van der Waals surface area contributed by atoms with Crippen LogP contribution in [0, 0.1) is 6.92 Å². The van der Waals surface area contributed by atoms with E-state index in [4.69, 9.17) is 23.2 Å². The van der Waals surface area contributed by atoms with E-state index in [2.05, 4.69) is 15.4 Å². The van der Waals surface area contributed by atoms with Crippen molar-refractivity contribution in [1.29, 1.82) is 0 Å². The lowest BCUT2D eigenvalue weighted by atomic mass is 10.3. The molecular weight excluding hydrogens is 451 g/mol. The van der Waals surface area contributed by atoms with Crippen LogP contribution >= 0.6 is 23.2 Å². The van der Waals surface area contributed by atoms with Crippen LogP contribution in [0.5, 0.6) is 0 Å².